The number of hydrogen-bond donors (Lipinski definition) is 2. The quantitative estimate of drug-likeness (QED) is 0.559. The fourth-order valence-corrected chi connectivity index (χ4v) is 0.435. The van der Waals surface area contributed by atoms with E-state index in [1.54, 1.807) is 0 Å². The summed E-state index contributed by atoms with van der Waals surface area (Å²) in [6, 6.07) is 0. The van der Waals surface area contributed by atoms with Gasteiger partial charge in [-0.15, -0.1) is 0 Å². The van der Waals surface area contributed by atoms with Gasteiger partial charge in [0.25, 0.3) is 0 Å². The summed E-state index contributed by atoms with van der Waals surface area (Å²) in [4.78, 5) is 0. The molecule has 4 N–H and O–H groups in total. The van der Waals surface area contributed by atoms with Gasteiger partial charge in [-0.3, -0.25) is 0 Å². The zero-order chi connectivity index (χ0) is 6.57. The number of hydrogen-bond acceptors (Lipinski definition) is 2. The van der Waals surface area contributed by atoms with Gasteiger partial charge in [0, 0.05) is 5.70 Å². The second-order valence-electron chi connectivity index (χ2n) is 2.05. The van der Waals surface area contributed by atoms with Gasteiger partial charge in [-0.25, -0.2) is 0 Å². The molecule has 0 rings (SSSR count). The number of allylic oxidation sites excluding steroid dienone is 1. The Balaban J connectivity index is 3.32. The van der Waals surface area contributed by atoms with E-state index < -0.39 is 0 Å². The van der Waals surface area contributed by atoms with E-state index in [0.717, 1.165) is 12.1 Å². The van der Waals surface area contributed by atoms with Crippen LogP contribution in [0.5, 0.6) is 0 Å². The van der Waals surface area contributed by atoms with Gasteiger partial charge in [-0.05, 0) is 18.9 Å². The molecule has 2 nitrogen and oxygen atoms in total. The Kier molecular flexibility index (Phi) is 3.28. The van der Waals surface area contributed by atoms with Gasteiger partial charge < -0.3 is 11.5 Å². The first-order valence-electron chi connectivity index (χ1n) is 2.82. The third-order valence-electron chi connectivity index (χ3n) is 1.23. The van der Waals surface area contributed by atoms with Crippen LogP contribution in [0.15, 0.2) is 12.3 Å². The molecule has 0 aromatic rings. The minimum absolute atomic E-state index is 0.375. The van der Waals surface area contributed by atoms with Gasteiger partial charge in [-0.2, -0.15) is 0 Å². The van der Waals surface area contributed by atoms with Gasteiger partial charge in [0.05, 0.1) is 0 Å². The summed E-state index contributed by atoms with van der Waals surface area (Å²) >= 11 is 0. The lowest BCUT2D eigenvalue weighted by Crippen LogP contribution is -2.11. The maximum atomic E-state index is 5.37. The van der Waals surface area contributed by atoms with Crippen molar-refractivity contribution in [1.82, 2.24) is 0 Å². The Morgan fingerprint density at radius 1 is 1.75 bits per heavy atom. The zero-order valence-corrected chi connectivity index (χ0v) is 5.35. The summed E-state index contributed by atoms with van der Waals surface area (Å²) in [5.41, 5.74) is 11.4. The van der Waals surface area contributed by atoms with Crippen LogP contribution in [0.3, 0.4) is 0 Å². The first-order valence-corrected chi connectivity index (χ1v) is 2.82. The van der Waals surface area contributed by atoms with Crippen LogP contribution in [0.4, 0.5) is 0 Å². The molecule has 0 spiro atoms. The van der Waals surface area contributed by atoms with Crippen molar-refractivity contribution in [3.8, 4) is 0 Å². The smallest absolute Gasteiger partial charge is 0.00367 e. The summed E-state index contributed by atoms with van der Waals surface area (Å²) in [5, 5.41) is 0. The second kappa shape index (κ2) is 3.50. The predicted octanol–water partition coefficient (Wildman–Crippen LogP) is 0.444. The van der Waals surface area contributed by atoms with Gasteiger partial charge >= 0.3 is 0 Å². The highest BCUT2D eigenvalue weighted by Gasteiger charge is 1.98. The van der Waals surface area contributed by atoms with Crippen molar-refractivity contribution in [2.75, 3.05) is 6.54 Å². The molecule has 8 heavy (non-hydrogen) atoms. The van der Waals surface area contributed by atoms with Crippen LogP contribution in [0.2, 0.25) is 0 Å². The summed E-state index contributed by atoms with van der Waals surface area (Å²) in [5.74, 6) is 0.375. The summed E-state index contributed by atoms with van der Waals surface area (Å²) < 4.78 is 0. The first-order chi connectivity index (χ1) is 3.68. The molecule has 0 aromatic carbocycles. The van der Waals surface area contributed by atoms with Crippen molar-refractivity contribution < 1.29 is 0 Å². The minimum atomic E-state index is 0.375. The zero-order valence-electron chi connectivity index (χ0n) is 5.35. The Bertz CT molecular complexity index is 78.6. The second-order valence-corrected chi connectivity index (χ2v) is 2.05. The van der Waals surface area contributed by atoms with Gasteiger partial charge in [0.1, 0.15) is 0 Å². The molecule has 0 aliphatic rings. The van der Waals surface area contributed by atoms with Gasteiger partial charge in [-0.1, -0.05) is 13.5 Å². The van der Waals surface area contributed by atoms with Crippen molar-refractivity contribution >= 4 is 0 Å². The Labute approximate surface area is 50.6 Å². The van der Waals surface area contributed by atoms with Crippen molar-refractivity contribution in [2.45, 2.75) is 13.3 Å². The minimum Gasteiger partial charge on any atom is -0.402 e. The maximum Gasteiger partial charge on any atom is 0.00367 e. The van der Waals surface area contributed by atoms with E-state index in [2.05, 4.69) is 6.58 Å². The van der Waals surface area contributed by atoms with Gasteiger partial charge in [0.15, 0.2) is 0 Å². The molecular weight excluding hydrogens is 100 g/mol. The van der Waals surface area contributed by atoms with Crippen LogP contribution < -0.4 is 11.5 Å². The van der Waals surface area contributed by atoms with E-state index in [0.29, 0.717) is 12.5 Å². The predicted molar refractivity (Wildman–Crippen MR) is 36.2 cm³/mol. The van der Waals surface area contributed by atoms with E-state index in [9.17, 15) is 0 Å². The van der Waals surface area contributed by atoms with Gasteiger partial charge in [0.2, 0.25) is 0 Å². The number of nitrogens with two attached hydrogens (primary N) is 2. The molecule has 1 atom stereocenters. The molecule has 0 aromatic heterocycles. The first kappa shape index (κ1) is 7.50. The highest BCUT2D eigenvalue weighted by Crippen LogP contribution is 2.04. The molecule has 0 heterocycles. The summed E-state index contributed by atoms with van der Waals surface area (Å²) in [6.07, 6.45) is 0.940. The number of rotatable bonds is 3. The van der Waals surface area contributed by atoms with Crippen LogP contribution in [-0.4, -0.2) is 6.54 Å². The van der Waals surface area contributed by atoms with Crippen LogP contribution in [0, 0.1) is 5.92 Å². The van der Waals surface area contributed by atoms with Crippen molar-refractivity contribution in [1.29, 1.82) is 0 Å². The molecule has 0 aliphatic heterocycles. The standard InChI is InChI=1S/C6H14N2/c1-5(3-4-7)6(2)8/h5H,2-4,7-8H2,1H3. The molecule has 48 valence electrons. The molecule has 0 fully saturated rings. The SMILES string of the molecule is C=C(N)C(C)CCN. The molecule has 0 aliphatic carbocycles. The monoisotopic (exact) mass is 114 g/mol. The van der Waals surface area contributed by atoms with E-state index in [4.69, 9.17) is 11.5 Å². The average Bonchev–Trinajstić information content (AvgIpc) is 1.67. The van der Waals surface area contributed by atoms with E-state index in [1.807, 2.05) is 6.92 Å². The molecule has 2 heteroatoms. The third-order valence-corrected chi connectivity index (χ3v) is 1.23. The van der Waals surface area contributed by atoms with Crippen LogP contribution in [0.25, 0.3) is 0 Å². The fraction of sp³-hybridized carbons (Fsp3) is 0.667. The third kappa shape index (κ3) is 2.64. The van der Waals surface area contributed by atoms with Crippen LogP contribution in [-0.2, 0) is 0 Å². The molecule has 0 radical (unpaired) electrons. The molecule has 0 saturated carbocycles. The molecule has 0 bridgehead atoms. The summed E-state index contributed by atoms with van der Waals surface area (Å²) in [7, 11) is 0. The van der Waals surface area contributed by atoms with E-state index >= 15 is 0 Å². The molecular formula is C6H14N2. The molecule has 0 saturated heterocycles. The lowest BCUT2D eigenvalue weighted by atomic mass is 10.1. The topological polar surface area (TPSA) is 52.0 Å². The molecule has 0 amide bonds. The van der Waals surface area contributed by atoms with Crippen molar-refractivity contribution in [2.24, 2.45) is 17.4 Å². The van der Waals surface area contributed by atoms with Crippen LogP contribution >= 0.6 is 0 Å². The Morgan fingerprint density at radius 3 is 2.38 bits per heavy atom. The highest BCUT2D eigenvalue weighted by atomic mass is 14.6. The average molecular weight is 114 g/mol. The van der Waals surface area contributed by atoms with E-state index in [1.165, 1.54) is 0 Å². The largest absolute Gasteiger partial charge is 0.402 e. The maximum absolute atomic E-state index is 5.37. The Hall–Kier alpha value is -0.500. The lowest BCUT2D eigenvalue weighted by molar-refractivity contribution is 0.618. The van der Waals surface area contributed by atoms with Crippen molar-refractivity contribution in [3.05, 3.63) is 12.3 Å². The van der Waals surface area contributed by atoms with E-state index in [-0.39, 0.29) is 0 Å². The highest BCUT2D eigenvalue weighted by molar-refractivity contribution is 4.91. The molecule has 1 unspecified atom stereocenters. The van der Waals surface area contributed by atoms with Crippen LogP contribution in [0.1, 0.15) is 13.3 Å². The normalized spacial score (nSPS) is 13.2. The Morgan fingerprint density at radius 2 is 2.25 bits per heavy atom. The lowest BCUT2D eigenvalue weighted by Gasteiger charge is -2.06. The van der Waals surface area contributed by atoms with Crippen molar-refractivity contribution in [3.63, 3.8) is 0 Å². The fourth-order valence-electron chi connectivity index (χ4n) is 0.435. The summed E-state index contributed by atoms with van der Waals surface area (Å²) in [6.45, 7) is 6.31.